The smallest absolute Gasteiger partial charge is 0.331 e. The van der Waals surface area contributed by atoms with E-state index < -0.39 is 5.97 Å². The zero-order valence-corrected chi connectivity index (χ0v) is 9.60. The highest BCUT2D eigenvalue weighted by atomic mass is 16.5. The molecule has 1 heterocycles. The second-order valence-corrected chi connectivity index (χ2v) is 3.89. The summed E-state index contributed by atoms with van der Waals surface area (Å²) in [7, 11) is 0. The summed E-state index contributed by atoms with van der Waals surface area (Å²) in [5.74, 6) is 0.471. The molecule has 1 N–H and O–H groups in total. The minimum absolute atomic E-state index is 0.291. The fourth-order valence-corrected chi connectivity index (χ4v) is 1.58. The molecule has 4 heteroatoms. The molecule has 0 atom stereocenters. The van der Waals surface area contributed by atoms with E-state index in [1.165, 1.54) is 0 Å². The second kappa shape index (κ2) is 4.91. The quantitative estimate of drug-likeness (QED) is 0.798. The fourth-order valence-electron chi connectivity index (χ4n) is 1.58. The lowest BCUT2D eigenvalue weighted by Crippen LogP contribution is -1.97. The summed E-state index contributed by atoms with van der Waals surface area (Å²) in [6.07, 6.45) is 2.46. The van der Waals surface area contributed by atoms with Crippen LogP contribution < -0.4 is 9.47 Å². The number of ether oxygens (including phenoxy) is 2. The molecule has 0 radical (unpaired) electrons. The Labute approximate surface area is 99.5 Å². The highest BCUT2D eigenvalue weighted by molar-refractivity contribution is 5.91. The van der Waals surface area contributed by atoms with E-state index in [0.717, 1.165) is 12.0 Å². The maximum absolute atomic E-state index is 10.7. The van der Waals surface area contributed by atoms with Crippen molar-refractivity contribution in [1.29, 1.82) is 0 Å². The molecule has 0 saturated heterocycles. The van der Waals surface area contributed by atoms with Crippen molar-refractivity contribution in [1.82, 2.24) is 0 Å². The van der Waals surface area contributed by atoms with E-state index in [4.69, 9.17) is 14.6 Å². The number of benzene rings is 1. The molecule has 17 heavy (non-hydrogen) atoms. The minimum Gasteiger partial charge on any atom is -0.490 e. The van der Waals surface area contributed by atoms with Crippen LogP contribution in [0, 0.1) is 0 Å². The molecule has 2 rings (SSSR count). The van der Waals surface area contributed by atoms with Crippen molar-refractivity contribution in [3.8, 4) is 11.5 Å². The number of fused-ring (bicyclic) bond motifs is 1. The van der Waals surface area contributed by atoms with Gasteiger partial charge in [-0.25, -0.2) is 4.79 Å². The molecule has 0 spiro atoms. The Bertz CT molecular complexity index is 462. The summed E-state index contributed by atoms with van der Waals surface area (Å²) in [5.41, 5.74) is 1.09. The van der Waals surface area contributed by atoms with Gasteiger partial charge in [0.05, 0.1) is 13.2 Å². The Morgan fingerprint density at radius 3 is 2.71 bits per heavy atom. The van der Waals surface area contributed by atoms with E-state index in [1.54, 1.807) is 19.1 Å². The SMILES string of the molecule is CC(=Cc1ccc2c(c1)OCCCO2)C(=O)O. The molecule has 0 bridgehead atoms. The Hall–Kier alpha value is -1.97. The highest BCUT2D eigenvalue weighted by Crippen LogP contribution is 2.31. The van der Waals surface area contributed by atoms with Gasteiger partial charge in [0.1, 0.15) is 0 Å². The molecule has 90 valence electrons. The summed E-state index contributed by atoms with van der Waals surface area (Å²) in [6, 6.07) is 5.43. The van der Waals surface area contributed by atoms with Gasteiger partial charge in [0.25, 0.3) is 0 Å². The minimum atomic E-state index is -0.919. The summed E-state index contributed by atoms with van der Waals surface area (Å²) in [4.78, 5) is 10.7. The molecule has 0 aromatic heterocycles. The van der Waals surface area contributed by atoms with E-state index in [2.05, 4.69) is 0 Å². The summed E-state index contributed by atoms with van der Waals surface area (Å²) >= 11 is 0. The highest BCUT2D eigenvalue weighted by Gasteiger charge is 2.10. The largest absolute Gasteiger partial charge is 0.490 e. The number of carbonyl (C=O) groups is 1. The van der Waals surface area contributed by atoms with Crippen LogP contribution in [0.5, 0.6) is 11.5 Å². The Morgan fingerprint density at radius 2 is 2.00 bits per heavy atom. The van der Waals surface area contributed by atoms with Crippen LogP contribution in [0.4, 0.5) is 0 Å². The molecular weight excluding hydrogens is 220 g/mol. The first-order valence-corrected chi connectivity index (χ1v) is 5.48. The van der Waals surface area contributed by atoms with Crippen LogP contribution in [0.2, 0.25) is 0 Å². The van der Waals surface area contributed by atoms with Gasteiger partial charge >= 0.3 is 5.97 Å². The van der Waals surface area contributed by atoms with Crippen LogP contribution in [0.15, 0.2) is 23.8 Å². The summed E-state index contributed by atoms with van der Waals surface area (Å²) in [6.45, 7) is 2.83. The second-order valence-electron chi connectivity index (χ2n) is 3.89. The molecule has 1 aliphatic heterocycles. The van der Waals surface area contributed by atoms with Crippen LogP contribution in [-0.4, -0.2) is 24.3 Å². The predicted molar refractivity (Wildman–Crippen MR) is 63.3 cm³/mol. The van der Waals surface area contributed by atoms with Gasteiger partial charge in [0, 0.05) is 12.0 Å². The lowest BCUT2D eigenvalue weighted by molar-refractivity contribution is -0.132. The van der Waals surface area contributed by atoms with Gasteiger partial charge in [0.15, 0.2) is 11.5 Å². The van der Waals surface area contributed by atoms with E-state index in [9.17, 15) is 4.79 Å². The third kappa shape index (κ3) is 2.78. The van der Waals surface area contributed by atoms with E-state index in [1.807, 2.05) is 12.1 Å². The molecule has 0 saturated carbocycles. The molecule has 0 fully saturated rings. The van der Waals surface area contributed by atoms with Crippen molar-refractivity contribution in [2.75, 3.05) is 13.2 Å². The van der Waals surface area contributed by atoms with E-state index >= 15 is 0 Å². The molecule has 4 nitrogen and oxygen atoms in total. The Kier molecular flexibility index (Phi) is 3.32. The summed E-state index contributed by atoms with van der Waals surface area (Å²) < 4.78 is 11.0. The molecule has 1 aliphatic rings. The average molecular weight is 234 g/mol. The standard InChI is InChI=1S/C13H14O4/c1-9(13(14)15)7-10-3-4-11-12(8-10)17-6-2-5-16-11/h3-4,7-8H,2,5-6H2,1H3,(H,14,15). The van der Waals surface area contributed by atoms with Crippen LogP contribution >= 0.6 is 0 Å². The molecule has 0 aliphatic carbocycles. The van der Waals surface area contributed by atoms with Gasteiger partial charge < -0.3 is 14.6 Å². The van der Waals surface area contributed by atoms with E-state index in [-0.39, 0.29) is 0 Å². The van der Waals surface area contributed by atoms with E-state index in [0.29, 0.717) is 30.3 Å². The van der Waals surface area contributed by atoms with Crippen molar-refractivity contribution < 1.29 is 19.4 Å². The molecule has 1 aromatic carbocycles. The lowest BCUT2D eigenvalue weighted by Gasteiger charge is -2.07. The van der Waals surface area contributed by atoms with Crippen LogP contribution in [-0.2, 0) is 4.79 Å². The summed E-state index contributed by atoms with van der Waals surface area (Å²) in [5, 5.41) is 8.80. The third-order valence-electron chi connectivity index (χ3n) is 2.49. The Morgan fingerprint density at radius 1 is 1.29 bits per heavy atom. The first-order chi connectivity index (χ1) is 8.16. The van der Waals surface area contributed by atoms with Crippen molar-refractivity contribution in [3.05, 3.63) is 29.3 Å². The van der Waals surface area contributed by atoms with Crippen molar-refractivity contribution >= 4 is 12.0 Å². The predicted octanol–water partition coefficient (Wildman–Crippen LogP) is 2.34. The van der Waals surface area contributed by atoms with Crippen molar-refractivity contribution in [2.24, 2.45) is 0 Å². The van der Waals surface area contributed by atoms with Gasteiger partial charge in [-0.3, -0.25) is 0 Å². The molecule has 0 unspecified atom stereocenters. The van der Waals surface area contributed by atoms with Crippen molar-refractivity contribution in [2.45, 2.75) is 13.3 Å². The van der Waals surface area contributed by atoms with Crippen LogP contribution in [0.3, 0.4) is 0 Å². The number of carboxylic acids is 1. The van der Waals surface area contributed by atoms with Crippen LogP contribution in [0.25, 0.3) is 6.08 Å². The average Bonchev–Trinajstić information content (AvgIpc) is 2.53. The number of aliphatic carboxylic acids is 1. The maximum Gasteiger partial charge on any atom is 0.331 e. The van der Waals surface area contributed by atoms with Gasteiger partial charge in [0.2, 0.25) is 0 Å². The number of rotatable bonds is 2. The third-order valence-corrected chi connectivity index (χ3v) is 2.49. The van der Waals surface area contributed by atoms with Gasteiger partial charge in [-0.1, -0.05) is 6.07 Å². The molecular formula is C13H14O4. The van der Waals surface area contributed by atoms with Gasteiger partial charge in [-0.05, 0) is 30.7 Å². The topological polar surface area (TPSA) is 55.8 Å². The zero-order chi connectivity index (χ0) is 12.3. The normalized spacial score (nSPS) is 15.2. The van der Waals surface area contributed by atoms with Gasteiger partial charge in [-0.2, -0.15) is 0 Å². The number of hydrogen-bond donors (Lipinski definition) is 1. The monoisotopic (exact) mass is 234 g/mol. The first-order valence-electron chi connectivity index (χ1n) is 5.48. The Balaban J connectivity index is 2.29. The fraction of sp³-hybridized carbons (Fsp3) is 0.308. The zero-order valence-electron chi connectivity index (χ0n) is 9.60. The van der Waals surface area contributed by atoms with Crippen LogP contribution in [0.1, 0.15) is 18.9 Å². The molecule has 1 aromatic rings. The van der Waals surface area contributed by atoms with Gasteiger partial charge in [-0.15, -0.1) is 0 Å². The van der Waals surface area contributed by atoms with Crippen molar-refractivity contribution in [3.63, 3.8) is 0 Å². The maximum atomic E-state index is 10.7. The lowest BCUT2D eigenvalue weighted by atomic mass is 10.1. The number of hydrogen-bond acceptors (Lipinski definition) is 3. The molecule has 0 amide bonds. The number of carboxylic acid groups (broad SMARTS) is 1. The first kappa shape index (κ1) is 11.5.